The summed E-state index contributed by atoms with van der Waals surface area (Å²) in [7, 11) is 1.15. The van der Waals surface area contributed by atoms with Gasteiger partial charge in [-0.3, -0.25) is 9.80 Å². The van der Waals surface area contributed by atoms with E-state index in [1.54, 1.807) is 0 Å². The van der Waals surface area contributed by atoms with E-state index in [-0.39, 0.29) is 0 Å². The van der Waals surface area contributed by atoms with Gasteiger partial charge in [-0.1, -0.05) is 27.7 Å². The Balaban J connectivity index is 0.000000557. The predicted molar refractivity (Wildman–Crippen MR) is 82.6 cm³/mol. The van der Waals surface area contributed by atoms with Crippen LogP contribution in [0.1, 0.15) is 47.5 Å². The molecule has 0 aromatic carbocycles. The van der Waals surface area contributed by atoms with Crippen molar-refractivity contribution in [3.8, 4) is 0 Å². The van der Waals surface area contributed by atoms with Gasteiger partial charge in [0.15, 0.2) is 0 Å². The molecule has 0 unspecified atom stereocenters. The normalized spacial score (nSPS) is 16.9. The Morgan fingerprint density at radius 3 is 1.35 bits per heavy atom. The molecule has 0 aromatic rings. The van der Waals surface area contributed by atoms with Gasteiger partial charge in [-0.15, -0.1) is 11.8 Å². The molecule has 0 aliphatic heterocycles. The van der Waals surface area contributed by atoms with Crippen LogP contribution in [0.25, 0.3) is 0 Å². The van der Waals surface area contributed by atoms with Crippen LogP contribution in [0.3, 0.4) is 0 Å². The van der Waals surface area contributed by atoms with Gasteiger partial charge in [0, 0.05) is 10.2 Å². The highest BCUT2D eigenvalue weighted by atomic mass is 28.1. The molecule has 17 heavy (non-hydrogen) atoms. The highest BCUT2D eigenvalue weighted by Gasteiger charge is 2.50. The summed E-state index contributed by atoms with van der Waals surface area (Å²) in [6, 6.07) is 0. The average Bonchev–Trinajstić information content (AvgIpc) is 3.02. The lowest BCUT2D eigenvalue weighted by molar-refractivity contribution is 0.0340. The van der Waals surface area contributed by atoms with Crippen molar-refractivity contribution < 1.29 is 0 Å². The molecule has 1 saturated carbocycles. The van der Waals surface area contributed by atoms with Crippen LogP contribution in [-0.2, 0) is 0 Å². The zero-order valence-electron chi connectivity index (χ0n) is 12.8. The van der Waals surface area contributed by atoms with Gasteiger partial charge >= 0.3 is 0 Å². The summed E-state index contributed by atoms with van der Waals surface area (Å²) in [6.07, 6.45) is 2.74. The Morgan fingerprint density at radius 1 is 1.00 bits per heavy atom. The lowest BCUT2D eigenvalue weighted by Gasteiger charge is -2.38. The summed E-state index contributed by atoms with van der Waals surface area (Å²) in [6.45, 7) is 19.5. The maximum Gasteiger partial charge on any atom is 0.0739 e. The zero-order chi connectivity index (χ0) is 13.5. The largest absolute Gasteiger partial charge is 0.286 e. The monoisotopic (exact) mass is 256 g/mol. The van der Waals surface area contributed by atoms with Crippen LogP contribution in [-0.4, -0.2) is 51.9 Å². The molecule has 0 aromatic heterocycles. The Bertz CT molecular complexity index is 198. The number of hydrogen-bond donors (Lipinski definition) is 0. The molecule has 1 aliphatic carbocycles. The van der Waals surface area contributed by atoms with Crippen molar-refractivity contribution in [3.05, 3.63) is 11.8 Å². The first-order valence-electron chi connectivity index (χ1n) is 7.10. The van der Waals surface area contributed by atoms with Crippen molar-refractivity contribution in [2.75, 3.05) is 26.2 Å². The molecule has 1 fully saturated rings. The molecule has 0 bridgehead atoms. The van der Waals surface area contributed by atoms with Crippen LogP contribution < -0.4 is 0 Å². The molecule has 0 atom stereocenters. The number of hydrogen-bond acceptors (Lipinski definition) is 2. The van der Waals surface area contributed by atoms with Crippen LogP contribution in [0, 0.1) is 0 Å². The number of rotatable bonds is 6. The smallest absolute Gasteiger partial charge is 0.0739 e. The Labute approximate surface area is 111 Å². The van der Waals surface area contributed by atoms with Crippen molar-refractivity contribution in [1.29, 1.82) is 0 Å². The molecule has 102 valence electrons. The molecule has 1 aliphatic rings. The fourth-order valence-electron chi connectivity index (χ4n) is 2.57. The van der Waals surface area contributed by atoms with Crippen molar-refractivity contribution in [1.82, 2.24) is 9.80 Å². The van der Waals surface area contributed by atoms with Gasteiger partial charge in [-0.05, 0) is 45.9 Å². The highest BCUT2D eigenvalue weighted by Crippen LogP contribution is 2.44. The summed E-state index contributed by atoms with van der Waals surface area (Å²) >= 11 is 0. The summed E-state index contributed by atoms with van der Waals surface area (Å²) in [5.41, 5.74) is 0.451. The average molecular weight is 257 g/mol. The maximum atomic E-state index is 3.62. The van der Waals surface area contributed by atoms with E-state index in [0.29, 0.717) is 5.66 Å². The lowest BCUT2D eigenvalue weighted by atomic mass is 10.3. The fourth-order valence-corrected chi connectivity index (χ4v) is 2.57. The second kappa shape index (κ2) is 8.06. The SMILES string of the molecule is C=C(C)[SiH3].CCN(CC)C1(N(CC)CC)CC1. The second-order valence-electron chi connectivity index (χ2n) is 5.03. The van der Waals surface area contributed by atoms with Gasteiger partial charge in [0.05, 0.1) is 5.66 Å². The molecule has 0 heterocycles. The Morgan fingerprint density at radius 2 is 1.24 bits per heavy atom. The van der Waals surface area contributed by atoms with E-state index in [0.717, 1.165) is 10.2 Å². The van der Waals surface area contributed by atoms with E-state index >= 15 is 0 Å². The molecular formula is C14H32N2Si. The van der Waals surface area contributed by atoms with Crippen molar-refractivity contribution in [3.63, 3.8) is 0 Å². The minimum atomic E-state index is 0.451. The van der Waals surface area contributed by atoms with E-state index in [1.165, 1.54) is 44.2 Å². The van der Waals surface area contributed by atoms with E-state index in [2.05, 4.69) is 44.1 Å². The molecule has 1 rings (SSSR count). The van der Waals surface area contributed by atoms with Crippen molar-refractivity contribution in [2.45, 2.75) is 53.1 Å². The van der Waals surface area contributed by atoms with Crippen molar-refractivity contribution in [2.24, 2.45) is 0 Å². The van der Waals surface area contributed by atoms with Gasteiger partial charge in [0.1, 0.15) is 0 Å². The zero-order valence-corrected chi connectivity index (χ0v) is 14.8. The standard InChI is InChI=1S/C11H24N2.C3H8Si/c1-5-12(6-2)11(9-10-11)13(7-3)8-4;1-3(2)4/h5-10H2,1-4H3;1H2,2,4H3. The molecule has 0 radical (unpaired) electrons. The first-order chi connectivity index (χ1) is 7.98. The van der Waals surface area contributed by atoms with Crippen LogP contribution in [0.15, 0.2) is 11.8 Å². The maximum absolute atomic E-state index is 3.62. The third-order valence-corrected chi connectivity index (χ3v) is 3.40. The highest BCUT2D eigenvalue weighted by molar-refractivity contribution is 6.20. The third-order valence-electron chi connectivity index (χ3n) is 3.40. The van der Waals surface area contributed by atoms with Crippen LogP contribution in [0.5, 0.6) is 0 Å². The topological polar surface area (TPSA) is 6.48 Å². The van der Waals surface area contributed by atoms with E-state index in [4.69, 9.17) is 0 Å². The molecule has 0 amide bonds. The van der Waals surface area contributed by atoms with Gasteiger partial charge in [-0.25, -0.2) is 0 Å². The van der Waals surface area contributed by atoms with E-state index in [1.807, 2.05) is 6.92 Å². The number of allylic oxidation sites excluding steroid dienone is 1. The van der Waals surface area contributed by atoms with Gasteiger partial charge < -0.3 is 0 Å². The Kier molecular flexibility index (Phi) is 8.00. The summed E-state index contributed by atoms with van der Waals surface area (Å²) in [5.74, 6) is 0. The van der Waals surface area contributed by atoms with Crippen LogP contribution in [0.4, 0.5) is 0 Å². The van der Waals surface area contributed by atoms with E-state index in [9.17, 15) is 0 Å². The first-order valence-corrected chi connectivity index (χ1v) is 8.10. The lowest BCUT2D eigenvalue weighted by Crippen LogP contribution is -2.50. The second-order valence-corrected chi connectivity index (χ2v) is 6.74. The van der Waals surface area contributed by atoms with Gasteiger partial charge in [0.25, 0.3) is 0 Å². The Hall–Kier alpha value is -0.123. The predicted octanol–water partition coefficient (Wildman–Crippen LogP) is 2.05. The summed E-state index contributed by atoms with van der Waals surface area (Å²) in [4.78, 5) is 5.22. The van der Waals surface area contributed by atoms with Crippen LogP contribution in [0.2, 0.25) is 0 Å². The first kappa shape index (κ1) is 16.9. The molecule has 2 nitrogen and oxygen atoms in total. The number of nitrogens with zero attached hydrogens (tertiary/aromatic N) is 2. The van der Waals surface area contributed by atoms with Crippen LogP contribution >= 0.6 is 0 Å². The third kappa shape index (κ3) is 4.94. The summed E-state index contributed by atoms with van der Waals surface area (Å²) in [5, 5.41) is 1.31. The van der Waals surface area contributed by atoms with Gasteiger partial charge in [0.2, 0.25) is 0 Å². The molecule has 0 saturated heterocycles. The minimum absolute atomic E-state index is 0.451. The fraction of sp³-hybridized carbons (Fsp3) is 0.857. The quantitative estimate of drug-likeness (QED) is 0.530. The molecule has 0 spiro atoms. The summed E-state index contributed by atoms with van der Waals surface area (Å²) < 4.78 is 0. The molecule has 3 heteroatoms. The molecular weight excluding hydrogens is 224 g/mol. The van der Waals surface area contributed by atoms with Crippen molar-refractivity contribution >= 4 is 10.2 Å². The molecule has 0 N–H and O–H groups in total. The van der Waals surface area contributed by atoms with Gasteiger partial charge in [-0.2, -0.15) is 0 Å². The minimum Gasteiger partial charge on any atom is -0.286 e. The van der Waals surface area contributed by atoms with E-state index < -0.39 is 0 Å².